The number of benzene rings is 2. The van der Waals surface area contributed by atoms with E-state index in [1.165, 1.54) is 38.2 Å². The van der Waals surface area contributed by atoms with Crippen molar-refractivity contribution in [3.8, 4) is 5.75 Å². The number of nitrogens with one attached hydrogen (secondary N) is 2. The summed E-state index contributed by atoms with van der Waals surface area (Å²) >= 11 is 1.01. The lowest BCUT2D eigenvalue weighted by Gasteiger charge is -2.36. The molecule has 47 heavy (non-hydrogen) atoms. The molecule has 2 heterocycles. The van der Waals surface area contributed by atoms with E-state index in [0.717, 1.165) is 91.7 Å². The highest BCUT2D eigenvalue weighted by Gasteiger charge is 2.44. The van der Waals surface area contributed by atoms with Gasteiger partial charge in [-0.15, -0.1) is 0 Å². The molecule has 2 aromatic carbocycles. The molecule has 0 aliphatic heterocycles. The van der Waals surface area contributed by atoms with E-state index in [1.54, 1.807) is 6.07 Å². The Morgan fingerprint density at radius 1 is 1.02 bits per heavy atom. The van der Waals surface area contributed by atoms with Crippen molar-refractivity contribution in [3.05, 3.63) is 81.1 Å². The molecule has 1 aliphatic rings. The highest BCUT2D eigenvalue weighted by atomic mass is 32.1. The molecule has 1 fully saturated rings. The Hall–Kier alpha value is -3.02. The molecule has 5 rings (SSSR count). The monoisotopic (exact) mass is 665 g/mol. The van der Waals surface area contributed by atoms with Gasteiger partial charge in [0, 0.05) is 18.0 Å². The first-order chi connectivity index (χ1) is 22.7. The van der Waals surface area contributed by atoms with Crippen molar-refractivity contribution in [2.24, 2.45) is 5.92 Å². The smallest absolute Gasteiger partial charge is 0.305 e. The second kappa shape index (κ2) is 16.4. The lowest BCUT2D eigenvalue weighted by atomic mass is 9.73. The first-order valence-electron chi connectivity index (χ1n) is 17.5. The van der Waals surface area contributed by atoms with Crippen LogP contribution < -0.4 is 10.2 Å². The van der Waals surface area contributed by atoms with E-state index in [2.05, 4.69) is 29.4 Å². The molecule has 5 N–H and O–H groups in total. The van der Waals surface area contributed by atoms with Crippen LogP contribution in [-0.4, -0.2) is 63.5 Å². The summed E-state index contributed by atoms with van der Waals surface area (Å²) in [5.41, 5.74) is 0.729. The molecule has 0 saturated heterocycles. The van der Waals surface area contributed by atoms with Crippen LogP contribution in [-0.2, 0) is 12.1 Å². The molecule has 256 valence electrons. The van der Waals surface area contributed by atoms with Gasteiger partial charge in [-0.1, -0.05) is 92.7 Å². The average Bonchev–Trinajstić information content (AvgIpc) is 3.70. The maximum atomic E-state index is 12.1. The summed E-state index contributed by atoms with van der Waals surface area (Å²) in [6.45, 7) is 3.04. The Kier molecular flexibility index (Phi) is 12.3. The van der Waals surface area contributed by atoms with E-state index in [4.69, 9.17) is 4.42 Å². The van der Waals surface area contributed by atoms with Crippen molar-refractivity contribution in [2.75, 3.05) is 33.7 Å². The van der Waals surface area contributed by atoms with Crippen molar-refractivity contribution in [1.29, 1.82) is 0 Å². The predicted molar refractivity (Wildman–Crippen MR) is 187 cm³/mol. The summed E-state index contributed by atoms with van der Waals surface area (Å²) in [6.07, 6.45) is 14.7. The van der Waals surface area contributed by atoms with Gasteiger partial charge in [0.25, 0.3) is 0 Å². The van der Waals surface area contributed by atoms with Gasteiger partial charge in [0.2, 0.25) is 5.89 Å². The number of aliphatic hydroxyl groups is 2. The van der Waals surface area contributed by atoms with E-state index >= 15 is 0 Å². The third-order valence-corrected chi connectivity index (χ3v) is 10.7. The Morgan fingerprint density at radius 3 is 2.47 bits per heavy atom. The number of aromatic hydroxyl groups is 1. The zero-order valence-electron chi connectivity index (χ0n) is 28.0. The second-order valence-electron chi connectivity index (χ2n) is 14.0. The summed E-state index contributed by atoms with van der Waals surface area (Å²) in [6, 6.07) is 13.1. The van der Waals surface area contributed by atoms with Crippen molar-refractivity contribution in [3.63, 3.8) is 0 Å². The number of phenols is 1. The molecule has 0 radical (unpaired) electrons. The van der Waals surface area contributed by atoms with Crippen molar-refractivity contribution >= 4 is 21.6 Å². The molecular weight excluding hydrogens is 612 g/mol. The maximum Gasteiger partial charge on any atom is 0.305 e. The van der Waals surface area contributed by atoms with Gasteiger partial charge in [-0.05, 0) is 50.3 Å². The van der Waals surface area contributed by atoms with E-state index < -0.39 is 11.7 Å². The third-order valence-electron chi connectivity index (χ3n) is 9.78. The fraction of sp³-hybridized carbons (Fsp3) is 0.568. The van der Waals surface area contributed by atoms with Crippen LogP contribution in [0.5, 0.6) is 5.75 Å². The van der Waals surface area contributed by atoms with Crippen LogP contribution in [0.4, 0.5) is 0 Å². The minimum atomic E-state index is -1.19. The summed E-state index contributed by atoms with van der Waals surface area (Å²) in [5.74, 6) is 1.40. The van der Waals surface area contributed by atoms with Crippen LogP contribution >= 0.6 is 11.3 Å². The standard InChI is InChI=1S/C37H52N4O5S/c1-41(2,26-29-24-39-35(46-29)37(45,27-16-10-8-11-17-27)28-18-12-9-13-19-28)23-15-7-5-3-4-6-14-22-38-25-32(43)30-20-21-31(42)33-34(30)47-36(44)40-33/h8,10-11,16-17,20-21,24,28,32,38,43,45H,3-7,9,12-15,18-19,22-23,25-26H2,1-2H3,(H-,40,42,44)/p+1/t32?,37-/m0/s1. The topological polar surface area (TPSA) is 132 Å². The number of fused-ring (bicyclic) bond motifs is 1. The maximum absolute atomic E-state index is 12.1. The molecule has 9 nitrogen and oxygen atoms in total. The summed E-state index contributed by atoms with van der Waals surface area (Å²) in [4.78, 5) is 18.8. The van der Waals surface area contributed by atoms with Gasteiger partial charge in [-0.3, -0.25) is 4.79 Å². The minimum Gasteiger partial charge on any atom is -0.506 e. The molecule has 2 atom stereocenters. The van der Waals surface area contributed by atoms with Crippen LogP contribution in [0, 0.1) is 5.92 Å². The predicted octanol–water partition coefficient (Wildman–Crippen LogP) is 6.73. The zero-order chi connectivity index (χ0) is 33.3. The molecule has 0 spiro atoms. The Morgan fingerprint density at radius 2 is 1.72 bits per heavy atom. The van der Waals surface area contributed by atoms with E-state index in [1.807, 2.05) is 36.5 Å². The number of unbranched alkanes of at least 4 members (excludes halogenated alkanes) is 6. The van der Waals surface area contributed by atoms with Crippen LogP contribution in [0.2, 0.25) is 0 Å². The molecule has 1 unspecified atom stereocenters. The van der Waals surface area contributed by atoms with Gasteiger partial charge in [-0.2, -0.15) is 0 Å². The first-order valence-corrected chi connectivity index (χ1v) is 18.3. The Bertz CT molecular complexity index is 1590. The molecule has 4 aromatic rings. The fourth-order valence-corrected chi connectivity index (χ4v) is 8.05. The van der Waals surface area contributed by atoms with Crippen molar-refractivity contribution < 1.29 is 24.2 Å². The number of rotatable bonds is 18. The number of aliphatic hydroxyl groups excluding tert-OH is 1. The summed E-state index contributed by atoms with van der Waals surface area (Å²) < 4.78 is 7.76. The van der Waals surface area contributed by atoms with Crippen molar-refractivity contribution in [2.45, 2.75) is 95.3 Å². The number of aromatic nitrogens is 2. The minimum absolute atomic E-state index is 0.0218. The molecule has 10 heteroatoms. The largest absolute Gasteiger partial charge is 0.506 e. The number of aromatic amines is 1. The van der Waals surface area contributed by atoms with Gasteiger partial charge >= 0.3 is 4.87 Å². The van der Waals surface area contributed by atoms with Crippen molar-refractivity contribution in [1.82, 2.24) is 15.3 Å². The Balaban J connectivity index is 0.970. The number of nitrogens with zero attached hydrogens (tertiary/aromatic N) is 2. The number of quaternary nitrogens is 1. The average molecular weight is 666 g/mol. The number of hydrogen-bond acceptors (Lipinski definition) is 8. The van der Waals surface area contributed by atoms with Crippen LogP contribution in [0.3, 0.4) is 0 Å². The zero-order valence-corrected chi connectivity index (χ0v) is 28.9. The number of phenolic OH excluding ortho intramolecular Hbond substituents is 1. The molecule has 1 saturated carbocycles. The Labute approximate surface area is 282 Å². The highest BCUT2D eigenvalue weighted by Crippen LogP contribution is 2.43. The number of hydrogen-bond donors (Lipinski definition) is 5. The number of thiazole rings is 1. The van der Waals surface area contributed by atoms with Gasteiger partial charge < -0.3 is 34.5 Å². The van der Waals surface area contributed by atoms with Crippen LogP contribution in [0.15, 0.2) is 57.9 Å². The van der Waals surface area contributed by atoms with Gasteiger partial charge in [0.15, 0.2) is 11.4 Å². The fourth-order valence-electron chi connectivity index (χ4n) is 7.13. The molecule has 0 amide bonds. The summed E-state index contributed by atoms with van der Waals surface area (Å²) in [7, 11) is 4.47. The van der Waals surface area contributed by atoms with E-state index in [-0.39, 0.29) is 16.5 Å². The van der Waals surface area contributed by atoms with Gasteiger partial charge in [0.1, 0.15) is 17.8 Å². The first kappa shape index (κ1) is 35.3. The second-order valence-corrected chi connectivity index (χ2v) is 15.0. The SMILES string of the molecule is C[N+](C)(CCCCCCCCCNCC(O)c1ccc(O)c2[nH]c(=O)sc12)Cc1cnc([C@](O)(c2ccccc2)C2CCCCC2)o1. The normalized spacial score (nSPS) is 16.4. The third kappa shape index (κ3) is 9.12. The quantitative estimate of drug-likeness (QED) is 0.0588. The molecule has 2 aromatic heterocycles. The molecule has 0 bridgehead atoms. The highest BCUT2D eigenvalue weighted by molar-refractivity contribution is 7.16. The lowest BCUT2D eigenvalue weighted by Crippen LogP contribution is -2.39. The van der Waals surface area contributed by atoms with Gasteiger partial charge in [-0.25, -0.2) is 4.98 Å². The van der Waals surface area contributed by atoms with E-state index in [9.17, 15) is 20.1 Å². The summed E-state index contributed by atoms with van der Waals surface area (Å²) in [5, 5.41) is 36.0. The van der Waals surface area contributed by atoms with Crippen LogP contribution in [0.1, 0.15) is 106 Å². The lowest BCUT2D eigenvalue weighted by molar-refractivity contribution is -0.904. The number of H-pyrrole nitrogens is 1. The molecular formula is C37H53N4O5S+. The van der Waals surface area contributed by atoms with Gasteiger partial charge in [0.05, 0.1) is 37.6 Å². The van der Waals surface area contributed by atoms with Crippen LogP contribution in [0.25, 0.3) is 10.2 Å². The van der Waals surface area contributed by atoms with E-state index in [0.29, 0.717) is 28.2 Å². The number of oxazole rings is 1. The molecule has 1 aliphatic carbocycles.